The molecule has 1 fully saturated rings. The van der Waals surface area contributed by atoms with Crippen molar-refractivity contribution in [3.63, 3.8) is 0 Å². The molecule has 1 atom stereocenters. The van der Waals surface area contributed by atoms with Crippen molar-refractivity contribution in [3.8, 4) is 11.5 Å². The van der Waals surface area contributed by atoms with Crippen LogP contribution in [0.15, 0.2) is 42.5 Å². The van der Waals surface area contributed by atoms with Crippen LogP contribution in [-0.2, 0) is 4.79 Å². The van der Waals surface area contributed by atoms with Crippen molar-refractivity contribution in [2.75, 3.05) is 23.6 Å². The van der Waals surface area contributed by atoms with E-state index in [4.69, 9.17) is 9.47 Å². The number of aromatic nitrogens is 2. The van der Waals surface area contributed by atoms with E-state index in [-0.39, 0.29) is 24.5 Å². The Kier molecular flexibility index (Phi) is 4.59. The molecule has 2 aliphatic rings. The van der Waals surface area contributed by atoms with Gasteiger partial charge in [0.15, 0.2) is 11.5 Å². The summed E-state index contributed by atoms with van der Waals surface area (Å²) in [6, 6.07) is 12.9. The summed E-state index contributed by atoms with van der Waals surface area (Å²) < 4.78 is 10.6. The molecule has 1 unspecified atom stereocenters. The normalized spacial score (nSPS) is 17.4. The molecule has 3 aromatic rings. The first-order valence-corrected chi connectivity index (χ1v) is 10.3. The summed E-state index contributed by atoms with van der Waals surface area (Å²) in [6.07, 6.45) is 0.374. The van der Waals surface area contributed by atoms with Gasteiger partial charge in [0.1, 0.15) is 5.01 Å². The van der Waals surface area contributed by atoms with Crippen LogP contribution in [0, 0.1) is 6.92 Å². The topological polar surface area (TPSA) is 93.7 Å². The highest BCUT2D eigenvalue weighted by atomic mass is 32.1. The molecule has 0 spiro atoms. The number of rotatable bonds is 4. The summed E-state index contributed by atoms with van der Waals surface area (Å²) in [7, 11) is 0. The zero-order chi connectivity index (χ0) is 20.7. The first-order chi connectivity index (χ1) is 14.6. The van der Waals surface area contributed by atoms with Gasteiger partial charge in [-0.2, -0.15) is 0 Å². The minimum atomic E-state index is -0.306. The van der Waals surface area contributed by atoms with Crippen LogP contribution in [0.4, 0.5) is 10.8 Å². The predicted octanol–water partition coefficient (Wildman–Crippen LogP) is 3.35. The van der Waals surface area contributed by atoms with E-state index in [1.165, 1.54) is 11.3 Å². The third-order valence-electron chi connectivity index (χ3n) is 5.12. The van der Waals surface area contributed by atoms with Gasteiger partial charge in [-0.25, -0.2) is 0 Å². The fourth-order valence-electron chi connectivity index (χ4n) is 3.50. The molecule has 5 rings (SSSR count). The number of ether oxygens (including phenoxy) is 2. The van der Waals surface area contributed by atoms with Crippen LogP contribution in [0.3, 0.4) is 0 Å². The van der Waals surface area contributed by atoms with Gasteiger partial charge in [-0.15, -0.1) is 10.2 Å². The maximum absolute atomic E-state index is 12.5. The van der Waals surface area contributed by atoms with Crippen molar-refractivity contribution in [1.82, 2.24) is 10.2 Å². The number of nitrogens with zero attached hydrogens (tertiary/aromatic N) is 3. The molecule has 0 bridgehead atoms. The van der Waals surface area contributed by atoms with E-state index in [1.807, 2.05) is 31.2 Å². The molecule has 1 saturated heterocycles. The zero-order valence-electron chi connectivity index (χ0n) is 16.1. The standard InChI is InChI=1S/C21H18N4O4S/c1-12-2-5-15(6-3-12)25-10-14(9-18(25)26)20-23-24-21(30-20)22-19(27)13-4-7-16-17(8-13)29-11-28-16/h2-8,14H,9-11H2,1H3,(H,22,24,27). The number of fused-ring (bicyclic) bond motifs is 1. The zero-order valence-corrected chi connectivity index (χ0v) is 16.9. The van der Waals surface area contributed by atoms with E-state index < -0.39 is 0 Å². The number of anilines is 2. The Morgan fingerprint density at radius 3 is 2.77 bits per heavy atom. The summed E-state index contributed by atoms with van der Waals surface area (Å²) >= 11 is 1.29. The van der Waals surface area contributed by atoms with Gasteiger partial charge in [-0.3, -0.25) is 14.9 Å². The van der Waals surface area contributed by atoms with Gasteiger partial charge in [0.2, 0.25) is 17.8 Å². The molecule has 30 heavy (non-hydrogen) atoms. The Bertz CT molecular complexity index is 1130. The lowest BCUT2D eigenvalue weighted by molar-refractivity contribution is -0.117. The Morgan fingerprint density at radius 1 is 1.13 bits per heavy atom. The fraction of sp³-hybridized carbons (Fsp3) is 0.238. The number of amides is 2. The number of carbonyl (C=O) groups excluding carboxylic acids is 2. The fourth-order valence-corrected chi connectivity index (χ4v) is 4.33. The average molecular weight is 422 g/mol. The van der Waals surface area contributed by atoms with Gasteiger partial charge in [-0.1, -0.05) is 29.0 Å². The maximum Gasteiger partial charge on any atom is 0.257 e. The van der Waals surface area contributed by atoms with Crippen LogP contribution in [-0.4, -0.2) is 35.3 Å². The summed E-state index contributed by atoms with van der Waals surface area (Å²) in [6.45, 7) is 2.71. The Hall–Kier alpha value is -3.46. The van der Waals surface area contributed by atoms with Crippen molar-refractivity contribution in [2.45, 2.75) is 19.3 Å². The summed E-state index contributed by atoms with van der Waals surface area (Å²) in [4.78, 5) is 26.8. The molecule has 0 saturated carbocycles. The van der Waals surface area contributed by atoms with E-state index >= 15 is 0 Å². The molecule has 8 nitrogen and oxygen atoms in total. The third kappa shape index (κ3) is 3.48. The highest BCUT2D eigenvalue weighted by Crippen LogP contribution is 2.35. The third-order valence-corrected chi connectivity index (χ3v) is 6.12. The van der Waals surface area contributed by atoms with Gasteiger partial charge < -0.3 is 14.4 Å². The van der Waals surface area contributed by atoms with Crippen molar-refractivity contribution in [2.24, 2.45) is 0 Å². The van der Waals surface area contributed by atoms with E-state index in [0.717, 1.165) is 16.3 Å². The lowest BCUT2D eigenvalue weighted by Gasteiger charge is -2.16. The first-order valence-electron chi connectivity index (χ1n) is 9.48. The van der Waals surface area contributed by atoms with Gasteiger partial charge >= 0.3 is 0 Å². The molecule has 2 amide bonds. The molecule has 9 heteroatoms. The minimum Gasteiger partial charge on any atom is -0.454 e. The molecule has 0 aliphatic carbocycles. The van der Waals surface area contributed by atoms with Gasteiger partial charge in [0, 0.05) is 30.1 Å². The lowest BCUT2D eigenvalue weighted by atomic mass is 10.1. The Balaban J connectivity index is 1.27. The van der Waals surface area contributed by atoms with Crippen molar-refractivity contribution in [1.29, 1.82) is 0 Å². The second-order valence-corrected chi connectivity index (χ2v) is 8.22. The van der Waals surface area contributed by atoms with Gasteiger partial charge in [-0.05, 0) is 37.3 Å². The van der Waals surface area contributed by atoms with Gasteiger partial charge in [0.05, 0.1) is 0 Å². The highest BCUT2D eigenvalue weighted by molar-refractivity contribution is 7.15. The van der Waals surface area contributed by atoms with Crippen LogP contribution in [0.5, 0.6) is 11.5 Å². The summed E-state index contributed by atoms with van der Waals surface area (Å²) in [5, 5.41) is 12.2. The van der Waals surface area contributed by atoms with Crippen molar-refractivity contribution < 1.29 is 19.1 Å². The van der Waals surface area contributed by atoms with E-state index in [0.29, 0.717) is 35.2 Å². The van der Waals surface area contributed by atoms with E-state index in [2.05, 4.69) is 15.5 Å². The first kappa shape index (κ1) is 18.6. The van der Waals surface area contributed by atoms with Crippen LogP contribution < -0.4 is 19.7 Å². The molecule has 1 aromatic heterocycles. The highest BCUT2D eigenvalue weighted by Gasteiger charge is 2.34. The Morgan fingerprint density at radius 2 is 1.93 bits per heavy atom. The Labute approximate surface area is 176 Å². The summed E-state index contributed by atoms with van der Waals surface area (Å²) in [5.74, 6) is 0.868. The number of nitrogens with one attached hydrogen (secondary N) is 1. The molecule has 152 valence electrons. The lowest BCUT2D eigenvalue weighted by Crippen LogP contribution is -2.24. The largest absolute Gasteiger partial charge is 0.454 e. The van der Waals surface area contributed by atoms with Crippen LogP contribution in [0.1, 0.15) is 33.3 Å². The number of benzene rings is 2. The summed E-state index contributed by atoms with van der Waals surface area (Å²) in [5.41, 5.74) is 2.47. The monoisotopic (exact) mass is 422 g/mol. The van der Waals surface area contributed by atoms with Crippen molar-refractivity contribution in [3.05, 3.63) is 58.6 Å². The van der Waals surface area contributed by atoms with E-state index in [9.17, 15) is 9.59 Å². The molecule has 2 aromatic carbocycles. The smallest absolute Gasteiger partial charge is 0.257 e. The quantitative estimate of drug-likeness (QED) is 0.693. The SMILES string of the molecule is Cc1ccc(N2CC(c3nnc(NC(=O)c4ccc5c(c4)OCO5)s3)CC2=O)cc1. The minimum absolute atomic E-state index is 0.0486. The number of hydrogen-bond acceptors (Lipinski definition) is 7. The maximum atomic E-state index is 12.5. The molecule has 1 N–H and O–H groups in total. The number of carbonyl (C=O) groups is 2. The van der Waals surface area contributed by atoms with Crippen LogP contribution in [0.25, 0.3) is 0 Å². The van der Waals surface area contributed by atoms with Crippen molar-refractivity contribution >= 4 is 34.0 Å². The van der Waals surface area contributed by atoms with E-state index in [1.54, 1.807) is 23.1 Å². The molecule has 0 radical (unpaired) electrons. The second kappa shape index (κ2) is 7.42. The van der Waals surface area contributed by atoms with Crippen LogP contribution >= 0.6 is 11.3 Å². The molecule has 3 heterocycles. The van der Waals surface area contributed by atoms with Gasteiger partial charge in [0.25, 0.3) is 5.91 Å². The number of aryl methyl sites for hydroxylation is 1. The molecular formula is C21H18N4O4S. The number of hydrogen-bond donors (Lipinski definition) is 1. The second-order valence-electron chi connectivity index (χ2n) is 7.21. The molecule has 2 aliphatic heterocycles. The average Bonchev–Trinajstić information content (AvgIpc) is 3.47. The van der Waals surface area contributed by atoms with Crippen LogP contribution in [0.2, 0.25) is 0 Å². The molecular weight excluding hydrogens is 404 g/mol. The predicted molar refractivity (Wildman–Crippen MR) is 111 cm³/mol.